The molecule has 0 saturated carbocycles. The van der Waals surface area contributed by atoms with Crippen molar-refractivity contribution in [2.24, 2.45) is 0 Å². The van der Waals surface area contributed by atoms with Crippen LogP contribution in [0.15, 0.2) is 127 Å². The highest BCUT2D eigenvalue weighted by molar-refractivity contribution is 5.89. The van der Waals surface area contributed by atoms with E-state index in [0.29, 0.717) is 24.0 Å². The number of nitrogens with one attached hydrogen (secondary N) is 2. The normalized spacial score (nSPS) is 21.5. The first-order chi connectivity index (χ1) is 27.6. The fraction of sp³-hybridized carbons (Fsp3) is 0.340. The summed E-state index contributed by atoms with van der Waals surface area (Å²) in [5, 5.41) is 15.6. The van der Waals surface area contributed by atoms with Crippen molar-refractivity contribution in [3.63, 3.8) is 0 Å². The van der Waals surface area contributed by atoms with Crippen molar-refractivity contribution < 1.29 is 24.1 Å². The van der Waals surface area contributed by atoms with E-state index in [1.807, 2.05) is 84.9 Å². The van der Waals surface area contributed by atoms with Gasteiger partial charge in [-0.3, -0.25) is 4.90 Å². The Balaban J connectivity index is 0.919. The fourth-order valence-electron chi connectivity index (χ4n) is 8.26. The standard InChI is InChI=1S/C47H52N4O5/c52-33-34-14-16-36(17-15-34)45-29-43(32-51-28-8-10-40(51)31-50-26-6-7-27-50)55-46(56-45)37-20-18-35(19-21-37)44-13-5-4-9-38(44)30-48-47(53)49-39-22-24-42(25-23-39)54-41-11-2-1-3-12-41/h1-5,9,11-25,40,43,45-46,52H,6-8,10,26-33H2,(H2,48,49,53). The van der Waals surface area contributed by atoms with Crippen molar-refractivity contribution >= 4 is 11.7 Å². The number of aliphatic hydroxyl groups excluding tert-OH is 1. The second kappa shape index (κ2) is 18.3. The number of para-hydroxylation sites is 1. The lowest BCUT2D eigenvalue weighted by molar-refractivity contribution is -0.253. The lowest BCUT2D eigenvalue weighted by Gasteiger charge is -2.39. The molecule has 290 valence electrons. The van der Waals surface area contributed by atoms with Crippen molar-refractivity contribution in [3.8, 4) is 22.6 Å². The molecule has 4 unspecified atom stereocenters. The highest BCUT2D eigenvalue weighted by atomic mass is 16.7. The quantitative estimate of drug-likeness (QED) is 0.111. The smallest absolute Gasteiger partial charge is 0.319 e. The van der Waals surface area contributed by atoms with Crippen LogP contribution in [0.5, 0.6) is 11.5 Å². The number of hydrogen-bond acceptors (Lipinski definition) is 7. The Bertz CT molecular complexity index is 2000. The van der Waals surface area contributed by atoms with Crippen LogP contribution in [-0.2, 0) is 22.6 Å². The number of amides is 2. The van der Waals surface area contributed by atoms with Gasteiger partial charge in [0.2, 0.25) is 0 Å². The molecular formula is C47H52N4O5. The molecule has 4 atom stereocenters. The van der Waals surface area contributed by atoms with Gasteiger partial charge in [0.25, 0.3) is 0 Å². The highest BCUT2D eigenvalue weighted by Crippen LogP contribution is 2.39. The predicted molar refractivity (Wildman–Crippen MR) is 219 cm³/mol. The van der Waals surface area contributed by atoms with Gasteiger partial charge in [0, 0.05) is 43.3 Å². The Kier molecular flexibility index (Phi) is 12.4. The summed E-state index contributed by atoms with van der Waals surface area (Å²) in [6.45, 7) is 5.99. The number of likely N-dealkylation sites (tertiary alicyclic amines) is 2. The number of urea groups is 1. The molecule has 2 amide bonds. The summed E-state index contributed by atoms with van der Waals surface area (Å²) in [5.41, 5.74) is 6.74. The molecule has 5 aromatic rings. The maximum Gasteiger partial charge on any atom is 0.319 e. The number of rotatable bonds is 13. The fourth-order valence-corrected chi connectivity index (χ4v) is 8.26. The first kappa shape index (κ1) is 37.9. The van der Waals surface area contributed by atoms with Gasteiger partial charge in [0.15, 0.2) is 6.29 Å². The van der Waals surface area contributed by atoms with Crippen LogP contribution in [0.25, 0.3) is 11.1 Å². The molecule has 3 heterocycles. The molecule has 9 heteroatoms. The number of hydrogen-bond donors (Lipinski definition) is 3. The zero-order chi connectivity index (χ0) is 38.1. The van der Waals surface area contributed by atoms with Crippen LogP contribution in [0, 0.1) is 0 Å². The van der Waals surface area contributed by atoms with Crippen LogP contribution in [0.3, 0.4) is 0 Å². The second-order valence-electron chi connectivity index (χ2n) is 15.2. The Labute approximate surface area is 330 Å². The van der Waals surface area contributed by atoms with Crippen molar-refractivity contribution in [2.45, 2.75) is 69.8 Å². The van der Waals surface area contributed by atoms with Crippen molar-refractivity contribution in [1.82, 2.24) is 15.1 Å². The lowest BCUT2D eigenvalue weighted by Crippen LogP contribution is -2.45. The van der Waals surface area contributed by atoms with Gasteiger partial charge in [-0.15, -0.1) is 0 Å². The van der Waals surface area contributed by atoms with Gasteiger partial charge in [0.1, 0.15) is 11.5 Å². The molecule has 3 aliphatic heterocycles. The van der Waals surface area contributed by atoms with Crippen molar-refractivity contribution in [1.29, 1.82) is 0 Å². The molecule has 9 nitrogen and oxygen atoms in total. The molecule has 3 fully saturated rings. The van der Waals surface area contributed by atoms with Crippen LogP contribution >= 0.6 is 0 Å². The van der Waals surface area contributed by atoms with Gasteiger partial charge >= 0.3 is 6.03 Å². The number of aliphatic hydroxyl groups is 1. The monoisotopic (exact) mass is 752 g/mol. The summed E-state index contributed by atoms with van der Waals surface area (Å²) in [4.78, 5) is 18.2. The molecular weight excluding hydrogens is 701 g/mol. The Morgan fingerprint density at radius 2 is 1.45 bits per heavy atom. The lowest BCUT2D eigenvalue weighted by atomic mass is 9.97. The Morgan fingerprint density at radius 1 is 0.732 bits per heavy atom. The molecule has 0 bridgehead atoms. The van der Waals surface area contributed by atoms with E-state index in [2.05, 4.69) is 62.9 Å². The maximum atomic E-state index is 12.9. The first-order valence-corrected chi connectivity index (χ1v) is 20.1. The van der Waals surface area contributed by atoms with Crippen molar-refractivity contribution in [2.75, 3.05) is 38.0 Å². The molecule has 0 spiro atoms. The van der Waals surface area contributed by atoms with E-state index in [1.54, 1.807) is 0 Å². The van der Waals surface area contributed by atoms with Crippen LogP contribution in [0.4, 0.5) is 10.5 Å². The van der Waals surface area contributed by atoms with Crippen LogP contribution in [-0.4, -0.2) is 65.8 Å². The third-order valence-corrected chi connectivity index (χ3v) is 11.3. The first-order valence-electron chi connectivity index (χ1n) is 20.1. The van der Waals surface area contributed by atoms with E-state index in [9.17, 15) is 9.90 Å². The molecule has 56 heavy (non-hydrogen) atoms. The number of anilines is 1. The largest absolute Gasteiger partial charge is 0.457 e. The average Bonchev–Trinajstić information content (AvgIpc) is 3.93. The number of nitrogens with zero attached hydrogens (tertiary/aromatic N) is 2. The number of carbonyl (C=O) groups excluding carboxylic acids is 1. The van der Waals surface area contributed by atoms with Gasteiger partial charge in [0.05, 0.1) is 18.8 Å². The molecule has 3 saturated heterocycles. The van der Waals surface area contributed by atoms with Crippen LogP contribution in [0.1, 0.15) is 66.8 Å². The summed E-state index contributed by atoms with van der Waals surface area (Å²) < 4.78 is 19.4. The SMILES string of the molecule is O=C(NCc1ccccc1-c1ccc(C2OC(CN3CCCC3CN3CCCC3)CC(c3ccc(CO)cc3)O2)cc1)Nc1ccc(Oc2ccccc2)cc1. The van der Waals surface area contributed by atoms with E-state index in [1.165, 1.54) is 38.8 Å². The molecule has 8 rings (SSSR count). The summed E-state index contributed by atoms with van der Waals surface area (Å²) in [6, 6.07) is 41.9. The summed E-state index contributed by atoms with van der Waals surface area (Å²) in [7, 11) is 0. The second-order valence-corrected chi connectivity index (χ2v) is 15.2. The summed E-state index contributed by atoms with van der Waals surface area (Å²) in [6.07, 6.45) is 5.28. The average molecular weight is 753 g/mol. The zero-order valence-corrected chi connectivity index (χ0v) is 31.9. The molecule has 3 N–H and O–H groups in total. The van der Waals surface area contributed by atoms with E-state index in [4.69, 9.17) is 14.2 Å². The minimum Gasteiger partial charge on any atom is -0.457 e. The summed E-state index contributed by atoms with van der Waals surface area (Å²) in [5.74, 6) is 1.45. The summed E-state index contributed by atoms with van der Waals surface area (Å²) >= 11 is 0. The maximum absolute atomic E-state index is 12.9. The molecule has 5 aromatic carbocycles. The Morgan fingerprint density at radius 3 is 2.21 bits per heavy atom. The molecule has 0 aliphatic carbocycles. The van der Waals surface area contributed by atoms with Gasteiger partial charge < -0.3 is 34.9 Å². The van der Waals surface area contributed by atoms with Gasteiger partial charge in [-0.2, -0.15) is 0 Å². The minimum absolute atomic E-state index is 0.0206. The van der Waals surface area contributed by atoms with E-state index >= 15 is 0 Å². The highest BCUT2D eigenvalue weighted by Gasteiger charge is 2.36. The number of ether oxygens (including phenoxy) is 3. The number of carbonyl (C=O) groups is 1. The van der Waals surface area contributed by atoms with E-state index in [-0.39, 0.29) is 24.8 Å². The van der Waals surface area contributed by atoms with Gasteiger partial charge in [-0.05, 0) is 110 Å². The van der Waals surface area contributed by atoms with Gasteiger partial charge in [-0.1, -0.05) is 91.0 Å². The van der Waals surface area contributed by atoms with Gasteiger partial charge in [-0.25, -0.2) is 4.79 Å². The molecule has 0 radical (unpaired) electrons. The topological polar surface area (TPSA) is 95.5 Å². The van der Waals surface area contributed by atoms with Crippen LogP contribution in [0.2, 0.25) is 0 Å². The third-order valence-electron chi connectivity index (χ3n) is 11.3. The van der Waals surface area contributed by atoms with E-state index < -0.39 is 6.29 Å². The molecule has 0 aromatic heterocycles. The third kappa shape index (κ3) is 9.67. The number of benzene rings is 5. The zero-order valence-electron chi connectivity index (χ0n) is 31.9. The van der Waals surface area contributed by atoms with Crippen molar-refractivity contribution in [3.05, 3.63) is 150 Å². The van der Waals surface area contributed by atoms with Crippen LogP contribution < -0.4 is 15.4 Å². The minimum atomic E-state index is -0.510. The predicted octanol–water partition coefficient (Wildman–Crippen LogP) is 9.07. The molecule has 3 aliphatic rings. The van der Waals surface area contributed by atoms with E-state index in [0.717, 1.165) is 65.2 Å². The Hall–Kier alpha value is -5.03.